The van der Waals surface area contributed by atoms with Gasteiger partial charge in [-0.25, -0.2) is 0 Å². The fourth-order valence-corrected chi connectivity index (χ4v) is 1.78. The summed E-state index contributed by atoms with van der Waals surface area (Å²) >= 11 is 0. The maximum absolute atomic E-state index is 4.62. The molecule has 0 amide bonds. The molecule has 0 atom stereocenters. The highest BCUT2D eigenvalue weighted by Crippen LogP contribution is 2.05. The second-order valence-electron chi connectivity index (χ2n) is 4.00. The Balaban J connectivity index is 2.64. The van der Waals surface area contributed by atoms with Crippen LogP contribution in [0.1, 0.15) is 31.7 Å². The summed E-state index contributed by atoms with van der Waals surface area (Å²) in [5.74, 6) is 0. The van der Waals surface area contributed by atoms with E-state index in [0.717, 1.165) is 31.7 Å². The molecule has 1 aromatic rings. The second kappa shape index (κ2) is 7.18. The third kappa shape index (κ3) is 4.15. The molecule has 0 N–H and O–H groups in total. The van der Waals surface area contributed by atoms with Gasteiger partial charge >= 0.3 is 0 Å². The van der Waals surface area contributed by atoms with Crippen molar-refractivity contribution in [2.24, 2.45) is 0 Å². The van der Waals surface area contributed by atoms with Gasteiger partial charge in [-0.05, 0) is 31.5 Å². The van der Waals surface area contributed by atoms with Gasteiger partial charge < -0.3 is 0 Å². The van der Waals surface area contributed by atoms with Gasteiger partial charge in [0.1, 0.15) is 0 Å². The summed E-state index contributed by atoms with van der Waals surface area (Å²) in [7, 11) is 0. The van der Waals surface area contributed by atoms with Crippen molar-refractivity contribution >= 4 is 0 Å². The lowest BCUT2D eigenvalue weighted by Crippen LogP contribution is -2.24. The van der Waals surface area contributed by atoms with Crippen LogP contribution >= 0.6 is 0 Å². The van der Waals surface area contributed by atoms with E-state index in [2.05, 4.69) is 48.5 Å². The average molecular weight is 218 g/mol. The molecule has 1 rings (SSSR count). The average Bonchev–Trinajstić information content (AvgIpc) is 2.30. The maximum atomic E-state index is 4.62. The van der Waals surface area contributed by atoms with Crippen molar-refractivity contribution in [2.75, 3.05) is 13.1 Å². The lowest BCUT2D eigenvalue weighted by molar-refractivity contribution is 0.291. The molecule has 2 nitrogen and oxygen atoms in total. The highest BCUT2D eigenvalue weighted by molar-refractivity contribution is 5.11. The Bertz CT molecular complexity index is 320. The Hall–Kier alpha value is -1.15. The monoisotopic (exact) mass is 218 g/mol. The third-order valence-corrected chi connectivity index (χ3v) is 2.54. The van der Waals surface area contributed by atoms with E-state index in [1.807, 2.05) is 6.08 Å². The van der Waals surface area contributed by atoms with E-state index in [1.165, 1.54) is 12.1 Å². The van der Waals surface area contributed by atoms with Crippen molar-refractivity contribution in [2.45, 2.75) is 33.2 Å². The summed E-state index contributed by atoms with van der Waals surface area (Å²) < 4.78 is 0. The molecule has 0 saturated heterocycles. The minimum Gasteiger partial charge on any atom is -0.294 e. The molecule has 0 fully saturated rings. The zero-order valence-corrected chi connectivity index (χ0v) is 10.4. The zero-order chi connectivity index (χ0) is 11.8. The maximum Gasteiger partial charge on any atom is 0.0547 e. The fraction of sp³-hybridized carbons (Fsp3) is 0.500. The van der Waals surface area contributed by atoms with Gasteiger partial charge in [-0.2, -0.15) is 0 Å². The van der Waals surface area contributed by atoms with E-state index in [-0.39, 0.29) is 0 Å². The summed E-state index contributed by atoms with van der Waals surface area (Å²) in [6, 6.07) is 6.28. The number of pyridine rings is 1. The smallest absolute Gasteiger partial charge is 0.0547 e. The minimum atomic E-state index is 0.924. The summed E-state index contributed by atoms with van der Waals surface area (Å²) in [4.78, 5) is 6.99. The summed E-state index contributed by atoms with van der Waals surface area (Å²) in [6.07, 6.45) is 4.13. The Kier molecular flexibility index (Phi) is 5.79. The number of nitrogens with zero attached hydrogens (tertiary/aromatic N) is 2. The number of hydrogen-bond donors (Lipinski definition) is 0. The van der Waals surface area contributed by atoms with Crippen molar-refractivity contribution < 1.29 is 0 Å². The van der Waals surface area contributed by atoms with Crippen LogP contribution in [-0.4, -0.2) is 23.0 Å². The largest absolute Gasteiger partial charge is 0.294 e. The molecule has 0 radical (unpaired) electrons. The highest BCUT2D eigenvalue weighted by atomic mass is 15.1. The normalized spacial score (nSPS) is 10.7. The quantitative estimate of drug-likeness (QED) is 0.654. The predicted molar refractivity (Wildman–Crippen MR) is 69.4 cm³/mol. The molecule has 16 heavy (non-hydrogen) atoms. The molecule has 0 aliphatic rings. The van der Waals surface area contributed by atoms with Crippen LogP contribution < -0.4 is 0 Å². The molecule has 0 bridgehead atoms. The van der Waals surface area contributed by atoms with Gasteiger partial charge in [-0.1, -0.05) is 26.0 Å². The summed E-state index contributed by atoms with van der Waals surface area (Å²) in [6.45, 7) is 11.1. The van der Waals surface area contributed by atoms with Crippen molar-refractivity contribution in [1.82, 2.24) is 9.88 Å². The lowest BCUT2D eigenvalue weighted by Gasteiger charge is -2.19. The molecule has 88 valence electrons. The number of rotatable bonds is 7. The third-order valence-electron chi connectivity index (χ3n) is 2.54. The molecular formula is C14H22N2. The summed E-state index contributed by atoms with van der Waals surface area (Å²) in [5.41, 5.74) is 2.34. The topological polar surface area (TPSA) is 16.1 Å². The Labute approximate surface area is 99.0 Å². The van der Waals surface area contributed by atoms with Crippen molar-refractivity contribution in [3.63, 3.8) is 0 Å². The summed E-state index contributed by atoms with van der Waals surface area (Å²) in [5, 5.41) is 0. The predicted octanol–water partition coefficient (Wildman–Crippen LogP) is 3.04. The van der Waals surface area contributed by atoms with Gasteiger partial charge in [0, 0.05) is 18.8 Å². The van der Waals surface area contributed by atoms with E-state index in [1.54, 1.807) is 0 Å². The molecule has 0 unspecified atom stereocenters. The fourth-order valence-electron chi connectivity index (χ4n) is 1.78. The molecule has 0 aromatic carbocycles. The van der Waals surface area contributed by atoms with Crippen LogP contribution in [0.25, 0.3) is 0 Å². The van der Waals surface area contributed by atoms with Crippen LogP contribution in [-0.2, 0) is 13.0 Å². The zero-order valence-electron chi connectivity index (χ0n) is 10.4. The molecule has 0 aliphatic heterocycles. The van der Waals surface area contributed by atoms with E-state index >= 15 is 0 Å². The molecule has 2 heteroatoms. The van der Waals surface area contributed by atoms with Crippen LogP contribution in [0.15, 0.2) is 30.9 Å². The van der Waals surface area contributed by atoms with Crippen molar-refractivity contribution in [1.29, 1.82) is 0 Å². The highest BCUT2D eigenvalue weighted by Gasteiger charge is 2.04. The first kappa shape index (κ1) is 12.9. The van der Waals surface area contributed by atoms with Gasteiger partial charge in [0.2, 0.25) is 0 Å². The first-order chi connectivity index (χ1) is 7.80. The van der Waals surface area contributed by atoms with Crippen LogP contribution in [0.2, 0.25) is 0 Å². The molecule has 0 aliphatic carbocycles. The van der Waals surface area contributed by atoms with Gasteiger partial charge in [-0.3, -0.25) is 9.88 Å². The van der Waals surface area contributed by atoms with Crippen molar-refractivity contribution in [3.8, 4) is 0 Å². The second-order valence-corrected chi connectivity index (χ2v) is 4.00. The molecular weight excluding hydrogens is 196 g/mol. The number of hydrogen-bond acceptors (Lipinski definition) is 2. The van der Waals surface area contributed by atoms with Gasteiger partial charge in [-0.15, -0.1) is 6.58 Å². The Morgan fingerprint density at radius 1 is 1.31 bits per heavy atom. The van der Waals surface area contributed by atoms with Crippen LogP contribution in [0.4, 0.5) is 0 Å². The molecule has 1 heterocycles. The SMILES string of the molecule is C=CCN(CCC)Cc1cccc(CC)n1. The Morgan fingerprint density at radius 3 is 2.69 bits per heavy atom. The van der Waals surface area contributed by atoms with Crippen LogP contribution in [0, 0.1) is 0 Å². The van der Waals surface area contributed by atoms with Crippen LogP contribution in [0.3, 0.4) is 0 Å². The van der Waals surface area contributed by atoms with Gasteiger partial charge in [0.25, 0.3) is 0 Å². The first-order valence-corrected chi connectivity index (χ1v) is 6.08. The van der Waals surface area contributed by atoms with Crippen LogP contribution in [0.5, 0.6) is 0 Å². The first-order valence-electron chi connectivity index (χ1n) is 6.08. The standard InChI is InChI=1S/C14H22N2/c1-4-10-16(11-5-2)12-14-9-7-8-13(6-3)15-14/h4,7-9H,1,5-6,10-12H2,2-3H3. The van der Waals surface area contributed by atoms with E-state index < -0.39 is 0 Å². The lowest BCUT2D eigenvalue weighted by atomic mass is 10.2. The van der Waals surface area contributed by atoms with E-state index in [0.29, 0.717) is 0 Å². The number of aryl methyl sites for hydroxylation is 1. The van der Waals surface area contributed by atoms with E-state index in [9.17, 15) is 0 Å². The van der Waals surface area contributed by atoms with Gasteiger partial charge in [0.05, 0.1) is 5.69 Å². The molecule has 0 saturated carbocycles. The van der Waals surface area contributed by atoms with Gasteiger partial charge in [0.15, 0.2) is 0 Å². The number of aromatic nitrogens is 1. The molecule has 1 aromatic heterocycles. The van der Waals surface area contributed by atoms with Crippen molar-refractivity contribution in [3.05, 3.63) is 42.2 Å². The minimum absolute atomic E-state index is 0.924. The Morgan fingerprint density at radius 2 is 2.06 bits per heavy atom. The van der Waals surface area contributed by atoms with E-state index in [4.69, 9.17) is 0 Å². The molecule has 0 spiro atoms.